The summed E-state index contributed by atoms with van der Waals surface area (Å²) in [6.45, 7) is 6.50. The van der Waals surface area contributed by atoms with E-state index in [1.165, 1.54) is 0 Å². The third-order valence-electron chi connectivity index (χ3n) is 2.45. The first-order chi connectivity index (χ1) is 7.42. The predicted octanol–water partition coefficient (Wildman–Crippen LogP) is 0.353. The first kappa shape index (κ1) is 10.8. The molecule has 0 saturated carbocycles. The smallest absolute Gasteiger partial charge is 0.208 e. The van der Waals surface area contributed by atoms with Crippen molar-refractivity contribution < 1.29 is 4.74 Å². The van der Waals surface area contributed by atoms with E-state index in [9.17, 15) is 0 Å². The molecule has 1 saturated heterocycles. The van der Waals surface area contributed by atoms with Crippen molar-refractivity contribution in [1.82, 2.24) is 15.5 Å². The summed E-state index contributed by atoms with van der Waals surface area (Å²) in [6, 6.07) is 0.381. The number of hydrogen-bond donors (Lipinski definition) is 1. The zero-order chi connectivity index (χ0) is 10.5. The van der Waals surface area contributed by atoms with Crippen molar-refractivity contribution in [2.45, 2.75) is 13.0 Å². The Morgan fingerprint density at radius 1 is 1.73 bits per heavy atom. The number of aromatic nitrogens is 2. The zero-order valence-corrected chi connectivity index (χ0v) is 9.66. The van der Waals surface area contributed by atoms with Crippen molar-refractivity contribution in [2.75, 3.05) is 37.7 Å². The largest absolute Gasteiger partial charge is 0.377 e. The predicted molar refractivity (Wildman–Crippen MR) is 60.4 cm³/mol. The molecule has 1 unspecified atom stereocenters. The monoisotopic (exact) mass is 228 g/mol. The van der Waals surface area contributed by atoms with Gasteiger partial charge in [0.05, 0.1) is 19.3 Å². The molecule has 1 aliphatic rings. The molecule has 0 spiro atoms. The average Bonchev–Trinajstić information content (AvgIpc) is 2.80. The molecular formula is C9H16N4OS. The van der Waals surface area contributed by atoms with Crippen LogP contribution in [0.1, 0.15) is 6.92 Å². The summed E-state index contributed by atoms with van der Waals surface area (Å²) in [7, 11) is 0. The number of rotatable bonds is 4. The molecule has 1 N–H and O–H groups in total. The molecule has 0 radical (unpaired) electrons. The van der Waals surface area contributed by atoms with Gasteiger partial charge in [-0.15, -0.1) is 10.2 Å². The van der Waals surface area contributed by atoms with Gasteiger partial charge in [-0.3, -0.25) is 0 Å². The van der Waals surface area contributed by atoms with Gasteiger partial charge in [-0.2, -0.15) is 0 Å². The maximum absolute atomic E-state index is 5.48. The minimum absolute atomic E-state index is 0.381. The van der Waals surface area contributed by atoms with E-state index in [2.05, 4.69) is 27.3 Å². The van der Waals surface area contributed by atoms with Gasteiger partial charge in [0.2, 0.25) is 5.13 Å². The molecule has 84 valence electrons. The van der Waals surface area contributed by atoms with Crippen LogP contribution in [0.4, 0.5) is 5.13 Å². The van der Waals surface area contributed by atoms with Crippen LogP contribution in [0.3, 0.4) is 0 Å². The van der Waals surface area contributed by atoms with E-state index in [1.54, 1.807) is 16.8 Å². The molecule has 1 atom stereocenters. The highest BCUT2D eigenvalue weighted by Crippen LogP contribution is 2.20. The van der Waals surface area contributed by atoms with Gasteiger partial charge in [-0.1, -0.05) is 18.3 Å². The number of nitrogens with zero attached hydrogens (tertiary/aromatic N) is 3. The van der Waals surface area contributed by atoms with E-state index < -0.39 is 0 Å². The molecule has 5 nitrogen and oxygen atoms in total. The van der Waals surface area contributed by atoms with Crippen LogP contribution in [0.25, 0.3) is 0 Å². The minimum atomic E-state index is 0.381. The van der Waals surface area contributed by atoms with Crippen LogP contribution in [-0.2, 0) is 4.74 Å². The summed E-state index contributed by atoms with van der Waals surface area (Å²) in [5.74, 6) is 0. The van der Waals surface area contributed by atoms with E-state index in [-0.39, 0.29) is 0 Å². The van der Waals surface area contributed by atoms with E-state index in [0.717, 1.165) is 38.0 Å². The molecular weight excluding hydrogens is 212 g/mol. The Morgan fingerprint density at radius 2 is 2.67 bits per heavy atom. The lowest BCUT2D eigenvalue weighted by molar-refractivity contribution is 0.0938. The van der Waals surface area contributed by atoms with Crippen molar-refractivity contribution in [3.05, 3.63) is 5.51 Å². The standard InChI is InChI=1S/C9H16N4OS/c1-2-10-5-8-6-14-4-3-13(8)9-12-11-7-15-9/h7-8,10H,2-6H2,1H3. The highest BCUT2D eigenvalue weighted by atomic mass is 32.1. The number of anilines is 1. The quantitative estimate of drug-likeness (QED) is 0.806. The van der Waals surface area contributed by atoms with Crippen LogP contribution in [-0.4, -0.2) is 49.1 Å². The Kier molecular flexibility index (Phi) is 3.87. The van der Waals surface area contributed by atoms with Gasteiger partial charge in [0.15, 0.2) is 0 Å². The van der Waals surface area contributed by atoms with Gasteiger partial charge in [-0.05, 0) is 6.54 Å². The Balaban J connectivity index is 1.99. The molecule has 0 aromatic carbocycles. The fraction of sp³-hybridized carbons (Fsp3) is 0.778. The lowest BCUT2D eigenvalue weighted by Crippen LogP contribution is -2.50. The van der Waals surface area contributed by atoms with Crippen LogP contribution in [0, 0.1) is 0 Å². The molecule has 0 aliphatic carbocycles. The Labute approximate surface area is 93.5 Å². The van der Waals surface area contributed by atoms with Crippen molar-refractivity contribution in [3.8, 4) is 0 Å². The van der Waals surface area contributed by atoms with Gasteiger partial charge >= 0.3 is 0 Å². The van der Waals surface area contributed by atoms with Crippen molar-refractivity contribution in [3.63, 3.8) is 0 Å². The first-order valence-electron chi connectivity index (χ1n) is 5.23. The maximum atomic E-state index is 5.48. The summed E-state index contributed by atoms with van der Waals surface area (Å²) < 4.78 is 5.48. The topological polar surface area (TPSA) is 50.3 Å². The van der Waals surface area contributed by atoms with Crippen molar-refractivity contribution >= 4 is 16.5 Å². The van der Waals surface area contributed by atoms with Crippen molar-refractivity contribution in [1.29, 1.82) is 0 Å². The number of morpholine rings is 1. The van der Waals surface area contributed by atoms with Crippen molar-refractivity contribution in [2.24, 2.45) is 0 Å². The van der Waals surface area contributed by atoms with Crippen LogP contribution >= 0.6 is 11.3 Å². The lowest BCUT2D eigenvalue weighted by atomic mass is 10.2. The summed E-state index contributed by atoms with van der Waals surface area (Å²) >= 11 is 1.59. The molecule has 15 heavy (non-hydrogen) atoms. The van der Waals surface area contributed by atoms with Crippen LogP contribution < -0.4 is 10.2 Å². The summed E-state index contributed by atoms with van der Waals surface area (Å²) in [5, 5.41) is 12.3. The van der Waals surface area contributed by atoms with E-state index in [0.29, 0.717) is 6.04 Å². The molecule has 2 rings (SSSR count). The molecule has 0 amide bonds. The molecule has 0 bridgehead atoms. The normalized spacial score (nSPS) is 21.9. The lowest BCUT2D eigenvalue weighted by Gasteiger charge is -2.35. The SMILES string of the molecule is CCNCC1COCCN1c1nncs1. The fourth-order valence-electron chi connectivity index (χ4n) is 1.68. The summed E-state index contributed by atoms with van der Waals surface area (Å²) in [4.78, 5) is 2.28. The van der Waals surface area contributed by atoms with Gasteiger partial charge in [0.1, 0.15) is 5.51 Å². The molecule has 1 fully saturated rings. The molecule has 2 heterocycles. The number of likely N-dealkylation sites (N-methyl/N-ethyl adjacent to an activating group) is 1. The highest BCUT2D eigenvalue weighted by molar-refractivity contribution is 7.13. The molecule has 1 aliphatic heterocycles. The first-order valence-corrected chi connectivity index (χ1v) is 6.11. The zero-order valence-electron chi connectivity index (χ0n) is 8.85. The number of ether oxygens (including phenoxy) is 1. The van der Waals surface area contributed by atoms with Gasteiger partial charge in [-0.25, -0.2) is 0 Å². The summed E-state index contributed by atoms with van der Waals surface area (Å²) in [5.41, 5.74) is 1.77. The molecule has 1 aromatic rings. The Bertz CT molecular complexity index is 280. The minimum Gasteiger partial charge on any atom is -0.377 e. The second-order valence-electron chi connectivity index (χ2n) is 3.45. The average molecular weight is 228 g/mol. The highest BCUT2D eigenvalue weighted by Gasteiger charge is 2.24. The second-order valence-corrected chi connectivity index (χ2v) is 4.26. The van der Waals surface area contributed by atoms with Gasteiger partial charge in [0.25, 0.3) is 0 Å². The third-order valence-corrected chi connectivity index (χ3v) is 3.18. The Hall–Kier alpha value is -0.720. The van der Waals surface area contributed by atoms with Crippen LogP contribution in [0.5, 0.6) is 0 Å². The van der Waals surface area contributed by atoms with Gasteiger partial charge in [0, 0.05) is 13.1 Å². The molecule has 1 aromatic heterocycles. The van der Waals surface area contributed by atoms with E-state index >= 15 is 0 Å². The van der Waals surface area contributed by atoms with Crippen LogP contribution in [0.15, 0.2) is 5.51 Å². The third kappa shape index (κ3) is 2.64. The maximum Gasteiger partial charge on any atom is 0.208 e. The summed E-state index contributed by atoms with van der Waals surface area (Å²) in [6.07, 6.45) is 0. The van der Waals surface area contributed by atoms with Gasteiger partial charge < -0.3 is 15.0 Å². The van der Waals surface area contributed by atoms with E-state index in [1.807, 2.05) is 0 Å². The number of nitrogens with one attached hydrogen (secondary N) is 1. The van der Waals surface area contributed by atoms with E-state index in [4.69, 9.17) is 4.74 Å². The second kappa shape index (κ2) is 5.39. The number of hydrogen-bond acceptors (Lipinski definition) is 6. The fourth-order valence-corrected chi connectivity index (χ4v) is 2.34. The molecule has 6 heteroatoms. The Morgan fingerprint density at radius 3 is 3.40 bits per heavy atom. The van der Waals surface area contributed by atoms with Crippen LogP contribution in [0.2, 0.25) is 0 Å².